The average molecular weight is 456 g/mol. The summed E-state index contributed by atoms with van der Waals surface area (Å²) in [6.45, 7) is -0.0416. The van der Waals surface area contributed by atoms with E-state index >= 15 is 0 Å². The quantitative estimate of drug-likeness (QED) is 0.550. The maximum Gasteiger partial charge on any atom is 0.250 e. The monoisotopic (exact) mass is 455 g/mol. The van der Waals surface area contributed by atoms with Crippen molar-refractivity contribution in [1.82, 2.24) is 14.9 Å². The van der Waals surface area contributed by atoms with Crippen molar-refractivity contribution >= 4 is 46.2 Å². The van der Waals surface area contributed by atoms with Gasteiger partial charge in [0.2, 0.25) is 5.91 Å². The van der Waals surface area contributed by atoms with E-state index in [0.29, 0.717) is 15.8 Å². The number of pyridine rings is 1. The first-order valence-corrected chi connectivity index (χ1v) is 10.5. The molecule has 0 bridgehead atoms. The predicted octanol–water partition coefficient (Wildman–Crippen LogP) is 3.84. The van der Waals surface area contributed by atoms with E-state index in [1.807, 2.05) is 47.0 Å². The van der Waals surface area contributed by atoms with E-state index in [-0.39, 0.29) is 24.6 Å². The molecule has 0 spiro atoms. The second-order valence-corrected chi connectivity index (χ2v) is 8.05. The standard InChI is InChI=1S/C22H22ClN5O2S/c1-27-10-8-14(12-27)21-20(18-5-3-4-9-24-18)26-22(31)28(21)15-6-7-17(16(23)11-15)25-19(29)13-30-2/h3-12,20-21H,13H2,1-2H3,(H,25,29)(H,26,31). The minimum Gasteiger partial charge on any atom is -0.375 e. The van der Waals surface area contributed by atoms with Crippen molar-refractivity contribution in [3.05, 3.63) is 77.3 Å². The Labute approximate surface area is 191 Å². The molecule has 31 heavy (non-hydrogen) atoms. The maximum absolute atomic E-state index is 11.9. The third kappa shape index (κ3) is 4.41. The first-order chi connectivity index (χ1) is 15.0. The van der Waals surface area contributed by atoms with Crippen LogP contribution in [-0.2, 0) is 16.6 Å². The van der Waals surface area contributed by atoms with Crippen LogP contribution in [-0.4, -0.2) is 34.3 Å². The number of hydrogen-bond acceptors (Lipinski definition) is 4. The van der Waals surface area contributed by atoms with Crippen molar-refractivity contribution in [3.63, 3.8) is 0 Å². The van der Waals surface area contributed by atoms with Crippen LogP contribution in [0.15, 0.2) is 61.1 Å². The van der Waals surface area contributed by atoms with Crippen molar-refractivity contribution in [3.8, 4) is 0 Å². The van der Waals surface area contributed by atoms with Gasteiger partial charge in [-0.15, -0.1) is 0 Å². The zero-order valence-electron chi connectivity index (χ0n) is 17.1. The fourth-order valence-electron chi connectivity index (χ4n) is 3.74. The highest BCUT2D eigenvalue weighted by molar-refractivity contribution is 7.80. The smallest absolute Gasteiger partial charge is 0.250 e. The molecule has 4 rings (SSSR count). The minimum atomic E-state index is -0.270. The van der Waals surface area contributed by atoms with Crippen LogP contribution in [0, 0.1) is 0 Å². The van der Waals surface area contributed by atoms with E-state index in [2.05, 4.69) is 27.9 Å². The van der Waals surface area contributed by atoms with Gasteiger partial charge in [0.05, 0.1) is 28.5 Å². The van der Waals surface area contributed by atoms with Gasteiger partial charge in [-0.1, -0.05) is 17.7 Å². The third-order valence-electron chi connectivity index (χ3n) is 5.07. The van der Waals surface area contributed by atoms with E-state index in [4.69, 9.17) is 28.6 Å². The number of nitrogens with one attached hydrogen (secondary N) is 2. The lowest BCUT2D eigenvalue weighted by Crippen LogP contribution is -2.29. The first kappa shape index (κ1) is 21.3. The average Bonchev–Trinajstić information content (AvgIpc) is 3.33. The summed E-state index contributed by atoms with van der Waals surface area (Å²) < 4.78 is 6.86. The highest BCUT2D eigenvalue weighted by Gasteiger charge is 2.41. The number of thiocarbonyl (C=S) groups is 1. The Kier molecular flexibility index (Phi) is 6.22. The van der Waals surface area contributed by atoms with Gasteiger partial charge in [0.15, 0.2) is 5.11 Å². The van der Waals surface area contributed by atoms with Crippen molar-refractivity contribution < 1.29 is 9.53 Å². The lowest BCUT2D eigenvalue weighted by Gasteiger charge is -2.27. The summed E-state index contributed by atoms with van der Waals surface area (Å²) in [6, 6.07) is 13.1. The summed E-state index contributed by atoms with van der Waals surface area (Å²) in [5.74, 6) is -0.270. The van der Waals surface area contributed by atoms with Gasteiger partial charge in [-0.05, 0) is 54.2 Å². The van der Waals surface area contributed by atoms with Gasteiger partial charge in [0.25, 0.3) is 0 Å². The van der Waals surface area contributed by atoms with Crippen molar-refractivity contribution in [2.45, 2.75) is 12.1 Å². The minimum absolute atomic E-state index is 0.0416. The van der Waals surface area contributed by atoms with Gasteiger partial charge in [-0.25, -0.2) is 0 Å². The molecule has 2 N–H and O–H groups in total. The summed E-state index contributed by atoms with van der Waals surface area (Å²) in [5.41, 5.74) is 3.33. The Hall–Kier alpha value is -2.94. The number of aromatic nitrogens is 2. The summed E-state index contributed by atoms with van der Waals surface area (Å²) in [7, 11) is 3.45. The fourth-order valence-corrected chi connectivity index (χ4v) is 4.31. The highest BCUT2D eigenvalue weighted by atomic mass is 35.5. The molecule has 3 heterocycles. The van der Waals surface area contributed by atoms with Crippen LogP contribution in [0.5, 0.6) is 0 Å². The molecule has 1 saturated heterocycles. The van der Waals surface area contributed by atoms with Crippen molar-refractivity contribution in [2.24, 2.45) is 7.05 Å². The number of benzene rings is 1. The molecule has 1 amide bonds. The largest absolute Gasteiger partial charge is 0.375 e. The van der Waals surface area contributed by atoms with Crippen molar-refractivity contribution in [1.29, 1.82) is 0 Å². The summed E-state index contributed by atoms with van der Waals surface area (Å²) in [5, 5.41) is 7.16. The molecule has 0 saturated carbocycles. The molecule has 0 aliphatic carbocycles. The van der Waals surface area contributed by atoms with Gasteiger partial charge in [0, 0.05) is 38.4 Å². The van der Waals surface area contributed by atoms with Gasteiger partial charge in [-0.3, -0.25) is 9.78 Å². The van der Waals surface area contributed by atoms with Crippen LogP contribution in [0.2, 0.25) is 5.02 Å². The van der Waals surface area contributed by atoms with Crippen LogP contribution >= 0.6 is 23.8 Å². The SMILES string of the molecule is COCC(=O)Nc1ccc(N2C(=S)NC(c3ccccn3)C2c2ccn(C)c2)cc1Cl. The molecule has 0 radical (unpaired) electrons. The Morgan fingerprint density at radius 3 is 2.81 bits per heavy atom. The zero-order valence-corrected chi connectivity index (χ0v) is 18.7. The molecular weight excluding hydrogens is 434 g/mol. The van der Waals surface area contributed by atoms with Gasteiger partial charge < -0.3 is 24.8 Å². The molecule has 7 nitrogen and oxygen atoms in total. The number of aryl methyl sites for hydroxylation is 1. The van der Waals surface area contributed by atoms with E-state index in [1.54, 1.807) is 18.3 Å². The second-order valence-electron chi connectivity index (χ2n) is 7.25. The molecular formula is C22H22ClN5O2S. The number of halogens is 1. The maximum atomic E-state index is 11.9. The second kappa shape index (κ2) is 9.05. The third-order valence-corrected chi connectivity index (χ3v) is 5.70. The van der Waals surface area contributed by atoms with Gasteiger partial charge in [0.1, 0.15) is 6.61 Å². The van der Waals surface area contributed by atoms with E-state index in [0.717, 1.165) is 16.9 Å². The highest BCUT2D eigenvalue weighted by Crippen LogP contribution is 2.42. The fraction of sp³-hybridized carbons (Fsp3) is 0.227. The van der Waals surface area contributed by atoms with Crippen LogP contribution in [0.4, 0.5) is 11.4 Å². The van der Waals surface area contributed by atoms with E-state index < -0.39 is 0 Å². The molecule has 2 aromatic heterocycles. The molecule has 9 heteroatoms. The molecule has 2 unspecified atom stereocenters. The number of nitrogens with zero attached hydrogens (tertiary/aromatic N) is 3. The normalized spacial score (nSPS) is 18.2. The van der Waals surface area contributed by atoms with Crippen LogP contribution in [0.3, 0.4) is 0 Å². The Bertz CT molecular complexity index is 1100. The van der Waals surface area contributed by atoms with Crippen LogP contribution in [0.25, 0.3) is 0 Å². The number of carbonyl (C=O) groups excluding carboxylic acids is 1. The molecule has 3 aromatic rings. The summed E-state index contributed by atoms with van der Waals surface area (Å²) in [6.07, 6.45) is 5.86. The number of rotatable bonds is 6. The van der Waals surface area contributed by atoms with Crippen molar-refractivity contribution in [2.75, 3.05) is 23.9 Å². The lowest BCUT2D eigenvalue weighted by molar-refractivity contribution is -0.119. The van der Waals surface area contributed by atoms with Gasteiger partial charge in [-0.2, -0.15) is 0 Å². The molecule has 2 atom stereocenters. The van der Waals surface area contributed by atoms with E-state index in [1.165, 1.54) is 7.11 Å². The lowest BCUT2D eigenvalue weighted by atomic mass is 9.98. The molecule has 1 fully saturated rings. The number of carbonyl (C=O) groups is 1. The topological polar surface area (TPSA) is 71.4 Å². The molecule has 1 aliphatic rings. The zero-order chi connectivity index (χ0) is 22.0. The number of hydrogen-bond donors (Lipinski definition) is 2. The Morgan fingerprint density at radius 1 is 1.32 bits per heavy atom. The number of anilines is 2. The van der Waals surface area contributed by atoms with E-state index in [9.17, 15) is 4.79 Å². The summed E-state index contributed by atoms with van der Waals surface area (Å²) >= 11 is 12.2. The first-order valence-electron chi connectivity index (χ1n) is 9.69. The van der Waals surface area contributed by atoms with Crippen LogP contribution < -0.4 is 15.5 Å². The molecule has 1 aliphatic heterocycles. The predicted molar refractivity (Wildman–Crippen MR) is 125 cm³/mol. The Morgan fingerprint density at radius 2 is 2.16 bits per heavy atom. The summed E-state index contributed by atoms with van der Waals surface area (Å²) in [4.78, 5) is 18.4. The number of ether oxygens (including phenoxy) is 1. The number of amides is 1. The number of methoxy groups -OCH3 is 1. The molecule has 1 aromatic carbocycles. The Balaban J connectivity index is 1.71. The van der Waals surface area contributed by atoms with Gasteiger partial charge >= 0.3 is 0 Å². The molecule has 160 valence electrons. The van der Waals surface area contributed by atoms with Crippen LogP contribution in [0.1, 0.15) is 23.3 Å².